The van der Waals surface area contributed by atoms with Gasteiger partial charge in [-0.3, -0.25) is 4.57 Å². The number of imidazole rings is 1. The summed E-state index contributed by atoms with van der Waals surface area (Å²) in [5.74, 6) is 0.667. The van der Waals surface area contributed by atoms with E-state index in [4.69, 9.17) is 4.74 Å². The van der Waals surface area contributed by atoms with Crippen molar-refractivity contribution in [3.8, 4) is 11.4 Å². The van der Waals surface area contributed by atoms with Crippen LogP contribution >= 0.6 is 0 Å². The second kappa shape index (κ2) is 4.31. The molecule has 0 bridgehead atoms. The summed E-state index contributed by atoms with van der Waals surface area (Å²) in [7, 11) is 1.59. The highest BCUT2D eigenvalue weighted by atomic mass is 16.5. The number of benzene rings is 2. The van der Waals surface area contributed by atoms with E-state index in [9.17, 15) is 4.79 Å². The Morgan fingerprint density at radius 1 is 1.11 bits per heavy atom. The summed E-state index contributed by atoms with van der Waals surface area (Å²) in [6.07, 6.45) is 0. The van der Waals surface area contributed by atoms with Crippen LogP contribution in [0.1, 0.15) is 5.56 Å². The van der Waals surface area contributed by atoms with Gasteiger partial charge in [-0.15, -0.1) is 0 Å². The summed E-state index contributed by atoms with van der Waals surface area (Å²) >= 11 is 0. The molecule has 1 heterocycles. The van der Waals surface area contributed by atoms with Gasteiger partial charge in [-0.05, 0) is 31.2 Å². The van der Waals surface area contributed by atoms with Gasteiger partial charge in [0.05, 0.1) is 18.3 Å². The molecule has 0 saturated heterocycles. The number of nitrogens with zero attached hydrogens (tertiary/aromatic N) is 1. The number of hydrogen-bond donors (Lipinski definition) is 1. The molecule has 4 heteroatoms. The summed E-state index contributed by atoms with van der Waals surface area (Å²) in [5, 5.41) is 0. The second-order valence-electron chi connectivity index (χ2n) is 4.46. The Hall–Kier alpha value is -2.49. The van der Waals surface area contributed by atoms with Crippen LogP contribution in [-0.2, 0) is 0 Å². The summed E-state index contributed by atoms with van der Waals surface area (Å²) in [6.45, 7) is 2.02. The van der Waals surface area contributed by atoms with Crippen molar-refractivity contribution in [1.29, 1.82) is 0 Å². The Morgan fingerprint density at radius 2 is 1.84 bits per heavy atom. The van der Waals surface area contributed by atoms with Crippen molar-refractivity contribution in [3.05, 3.63) is 58.5 Å². The molecule has 0 saturated carbocycles. The predicted molar refractivity (Wildman–Crippen MR) is 75.2 cm³/mol. The average molecular weight is 254 g/mol. The van der Waals surface area contributed by atoms with E-state index in [1.165, 1.54) is 0 Å². The Labute approximate surface area is 110 Å². The Kier molecular flexibility index (Phi) is 2.63. The van der Waals surface area contributed by atoms with Crippen LogP contribution < -0.4 is 10.4 Å². The van der Waals surface area contributed by atoms with Crippen molar-refractivity contribution in [1.82, 2.24) is 9.55 Å². The minimum Gasteiger partial charge on any atom is -0.494 e. The highest BCUT2D eigenvalue weighted by Crippen LogP contribution is 2.24. The number of rotatable bonds is 2. The third-order valence-corrected chi connectivity index (χ3v) is 3.19. The zero-order chi connectivity index (χ0) is 13.4. The Morgan fingerprint density at radius 3 is 2.53 bits per heavy atom. The number of nitrogens with one attached hydrogen (secondary N) is 1. The topological polar surface area (TPSA) is 47.0 Å². The van der Waals surface area contributed by atoms with Crippen LogP contribution in [0.4, 0.5) is 0 Å². The quantitative estimate of drug-likeness (QED) is 0.764. The smallest absolute Gasteiger partial charge is 0.331 e. The average Bonchev–Trinajstić information content (AvgIpc) is 2.76. The molecule has 0 unspecified atom stereocenters. The molecule has 4 nitrogen and oxygen atoms in total. The summed E-state index contributed by atoms with van der Waals surface area (Å²) in [5.41, 5.74) is 3.37. The normalized spacial score (nSPS) is 10.8. The Bertz CT molecular complexity index is 782. The molecule has 3 aromatic rings. The number of hydrogen-bond acceptors (Lipinski definition) is 2. The molecule has 0 aliphatic heterocycles. The second-order valence-corrected chi connectivity index (χ2v) is 4.46. The fourth-order valence-corrected chi connectivity index (χ4v) is 2.22. The number of methoxy groups -OCH3 is 1. The first-order chi connectivity index (χ1) is 9.20. The lowest BCUT2D eigenvalue weighted by Crippen LogP contribution is -2.14. The van der Waals surface area contributed by atoms with Crippen LogP contribution in [0.2, 0.25) is 0 Å². The molecular weight excluding hydrogens is 240 g/mol. The minimum atomic E-state index is -0.164. The van der Waals surface area contributed by atoms with E-state index >= 15 is 0 Å². The molecular formula is C15H14N2O2. The van der Waals surface area contributed by atoms with Gasteiger partial charge < -0.3 is 9.72 Å². The van der Waals surface area contributed by atoms with Crippen molar-refractivity contribution in [3.63, 3.8) is 0 Å². The van der Waals surface area contributed by atoms with Gasteiger partial charge in [0, 0.05) is 0 Å². The van der Waals surface area contributed by atoms with E-state index in [1.807, 2.05) is 49.4 Å². The molecule has 2 aromatic carbocycles. The first-order valence-electron chi connectivity index (χ1n) is 6.05. The molecule has 1 aromatic heterocycles. The van der Waals surface area contributed by atoms with Crippen LogP contribution in [0, 0.1) is 6.92 Å². The molecule has 96 valence electrons. The van der Waals surface area contributed by atoms with E-state index in [0.29, 0.717) is 5.75 Å². The van der Waals surface area contributed by atoms with Crippen LogP contribution in [0.5, 0.6) is 5.75 Å². The van der Waals surface area contributed by atoms with Gasteiger partial charge in [0.15, 0.2) is 0 Å². The number of aromatic amines is 1. The van der Waals surface area contributed by atoms with E-state index in [0.717, 1.165) is 22.3 Å². The van der Waals surface area contributed by atoms with E-state index < -0.39 is 0 Å². The summed E-state index contributed by atoms with van der Waals surface area (Å²) in [4.78, 5) is 15.0. The van der Waals surface area contributed by atoms with Crippen LogP contribution in [-0.4, -0.2) is 16.7 Å². The molecule has 0 aliphatic carbocycles. The van der Waals surface area contributed by atoms with Gasteiger partial charge in [-0.1, -0.05) is 23.8 Å². The summed E-state index contributed by atoms with van der Waals surface area (Å²) < 4.78 is 6.92. The molecule has 0 aliphatic rings. The fraction of sp³-hybridized carbons (Fsp3) is 0.133. The summed E-state index contributed by atoms with van der Waals surface area (Å²) in [6, 6.07) is 13.4. The lowest BCUT2D eigenvalue weighted by molar-refractivity contribution is 0.419. The van der Waals surface area contributed by atoms with Gasteiger partial charge in [0.25, 0.3) is 0 Å². The molecule has 1 N–H and O–H groups in total. The number of aryl methyl sites for hydroxylation is 1. The number of H-pyrrole nitrogens is 1. The van der Waals surface area contributed by atoms with Crippen molar-refractivity contribution in [2.45, 2.75) is 6.92 Å². The number of para-hydroxylation sites is 1. The number of fused-ring (bicyclic) bond motifs is 1. The third kappa shape index (κ3) is 1.81. The van der Waals surface area contributed by atoms with Gasteiger partial charge in [0.1, 0.15) is 11.3 Å². The zero-order valence-corrected chi connectivity index (χ0v) is 10.8. The van der Waals surface area contributed by atoms with Crippen LogP contribution in [0.15, 0.2) is 47.3 Å². The number of ether oxygens (including phenoxy) is 1. The van der Waals surface area contributed by atoms with E-state index in [-0.39, 0.29) is 5.69 Å². The maximum Gasteiger partial charge on any atom is 0.331 e. The SMILES string of the molecule is COc1cccc2c1[nH]c(=O)n2-c1ccc(C)cc1. The molecule has 0 amide bonds. The number of aromatic nitrogens is 2. The molecule has 0 spiro atoms. The predicted octanol–water partition coefficient (Wildman–Crippen LogP) is 2.64. The standard InChI is InChI=1S/C15H14N2O2/c1-10-6-8-11(9-7-10)17-12-4-3-5-13(19-2)14(12)16-15(17)18/h3-9H,1-2H3,(H,16,18). The van der Waals surface area contributed by atoms with E-state index in [2.05, 4.69) is 4.98 Å². The molecule has 0 atom stereocenters. The molecule has 0 radical (unpaired) electrons. The maximum atomic E-state index is 12.1. The van der Waals surface area contributed by atoms with Crippen LogP contribution in [0.25, 0.3) is 16.7 Å². The maximum absolute atomic E-state index is 12.1. The first-order valence-corrected chi connectivity index (χ1v) is 6.05. The van der Waals surface area contributed by atoms with Gasteiger partial charge in [0.2, 0.25) is 0 Å². The van der Waals surface area contributed by atoms with Crippen LogP contribution in [0.3, 0.4) is 0 Å². The molecule has 19 heavy (non-hydrogen) atoms. The Balaban J connectivity index is 2.32. The largest absolute Gasteiger partial charge is 0.494 e. The molecule has 0 fully saturated rings. The van der Waals surface area contributed by atoms with Crippen molar-refractivity contribution in [2.24, 2.45) is 0 Å². The van der Waals surface area contributed by atoms with Gasteiger partial charge in [-0.2, -0.15) is 0 Å². The van der Waals surface area contributed by atoms with Crippen molar-refractivity contribution >= 4 is 11.0 Å². The monoisotopic (exact) mass is 254 g/mol. The minimum absolute atomic E-state index is 0.164. The van der Waals surface area contributed by atoms with Crippen molar-refractivity contribution in [2.75, 3.05) is 7.11 Å². The fourth-order valence-electron chi connectivity index (χ4n) is 2.22. The molecule has 3 rings (SSSR count). The zero-order valence-electron chi connectivity index (χ0n) is 10.8. The highest BCUT2D eigenvalue weighted by molar-refractivity contribution is 5.83. The van der Waals surface area contributed by atoms with Gasteiger partial charge >= 0.3 is 5.69 Å². The first kappa shape index (κ1) is 11.6. The highest BCUT2D eigenvalue weighted by Gasteiger charge is 2.11. The van der Waals surface area contributed by atoms with Gasteiger partial charge in [-0.25, -0.2) is 4.79 Å². The lowest BCUT2D eigenvalue weighted by atomic mass is 10.2. The third-order valence-electron chi connectivity index (χ3n) is 3.19. The van der Waals surface area contributed by atoms with E-state index in [1.54, 1.807) is 11.7 Å². The van der Waals surface area contributed by atoms with Crippen molar-refractivity contribution < 1.29 is 4.74 Å². The lowest BCUT2D eigenvalue weighted by Gasteiger charge is -2.05.